The average Bonchev–Trinajstić information content (AvgIpc) is 3.19. The second kappa shape index (κ2) is 5.46. The van der Waals surface area contributed by atoms with Crippen molar-refractivity contribution < 1.29 is 13.6 Å². The van der Waals surface area contributed by atoms with Gasteiger partial charge in [0.2, 0.25) is 5.89 Å². The van der Waals surface area contributed by atoms with Gasteiger partial charge in [-0.2, -0.15) is 0 Å². The molecule has 1 aliphatic heterocycles. The fourth-order valence-corrected chi connectivity index (χ4v) is 2.30. The van der Waals surface area contributed by atoms with Gasteiger partial charge < -0.3 is 14.2 Å². The molecule has 2 aromatic rings. The Bertz CT molecular complexity index is 598. The van der Waals surface area contributed by atoms with E-state index in [0.29, 0.717) is 23.6 Å². The smallest absolute Gasteiger partial charge is 0.322 e. The van der Waals surface area contributed by atoms with Gasteiger partial charge in [-0.3, -0.25) is 10.1 Å². The Morgan fingerprint density at radius 1 is 1.55 bits per heavy atom. The number of furan rings is 1. The molecular weight excluding hydrogens is 260 g/mol. The number of anilines is 1. The normalized spacial score (nSPS) is 18.4. The second-order valence-corrected chi connectivity index (χ2v) is 4.66. The number of hydrogen-bond donors (Lipinski definition) is 2. The quantitative estimate of drug-likeness (QED) is 0.886. The van der Waals surface area contributed by atoms with Crippen molar-refractivity contribution in [2.24, 2.45) is 0 Å². The largest absolute Gasteiger partial charge is 0.469 e. The van der Waals surface area contributed by atoms with Gasteiger partial charge in [-0.1, -0.05) is 12.0 Å². The third-order valence-electron chi connectivity index (χ3n) is 3.33. The Hall–Kier alpha value is -2.15. The predicted molar refractivity (Wildman–Crippen MR) is 70.3 cm³/mol. The molecule has 0 aromatic carbocycles. The van der Waals surface area contributed by atoms with E-state index >= 15 is 0 Å². The molecule has 0 aliphatic carbocycles. The van der Waals surface area contributed by atoms with Gasteiger partial charge in [0, 0.05) is 6.42 Å². The Morgan fingerprint density at radius 2 is 2.45 bits per heavy atom. The van der Waals surface area contributed by atoms with Crippen LogP contribution in [0.1, 0.15) is 47.8 Å². The molecule has 1 amide bonds. The SMILES string of the molecule is CCc1occc1C(=O)Nc1nnc(C2CCCN2)o1. The molecule has 3 heterocycles. The number of aromatic nitrogens is 2. The van der Waals surface area contributed by atoms with E-state index in [-0.39, 0.29) is 18.0 Å². The first-order chi connectivity index (χ1) is 9.78. The molecule has 3 rings (SSSR count). The lowest BCUT2D eigenvalue weighted by Crippen LogP contribution is -2.13. The Labute approximate surface area is 115 Å². The van der Waals surface area contributed by atoms with Crippen LogP contribution in [-0.2, 0) is 6.42 Å². The van der Waals surface area contributed by atoms with Crippen molar-refractivity contribution in [1.29, 1.82) is 0 Å². The molecule has 0 radical (unpaired) electrons. The minimum atomic E-state index is -0.301. The molecule has 2 aromatic heterocycles. The molecule has 0 bridgehead atoms. The predicted octanol–water partition coefficient (Wildman–Crippen LogP) is 1.90. The maximum atomic E-state index is 12.1. The van der Waals surface area contributed by atoms with Crippen LogP contribution in [0.25, 0.3) is 0 Å². The summed E-state index contributed by atoms with van der Waals surface area (Å²) in [6.45, 7) is 2.87. The lowest BCUT2D eigenvalue weighted by atomic mass is 10.2. The van der Waals surface area contributed by atoms with E-state index in [1.807, 2.05) is 6.92 Å². The molecule has 1 aliphatic rings. The van der Waals surface area contributed by atoms with Crippen LogP contribution in [0.5, 0.6) is 0 Å². The summed E-state index contributed by atoms with van der Waals surface area (Å²) >= 11 is 0. The maximum absolute atomic E-state index is 12.1. The number of rotatable bonds is 4. The maximum Gasteiger partial charge on any atom is 0.322 e. The van der Waals surface area contributed by atoms with Crippen molar-refractivity contribution in [2.75, 3.05) is 11.9 Å². The molecule has 1 fully saturated rings. The summed E-state index contributed by atoms with van der Waals surface area (Å²) in [7, 11) is 0. The lowest BCUT2D eigenvalue weighted by Gasteiger charge is -2.02. The number of carbonyl (C=O) groups excluding carboxylic acids is 1. The highest BCUT2D eigenvalue weighted by molar-refractivity contribution is 6.03. The lowest BCUT2D eigenvalue weighted by molar-refractivity contribution is 0.102. The molecule has 7 nitrogen and oxygen atoms in total. The Kier molecular flexibility index (Phi) is 3.51. The van der Waals surface area contributed by atoms with Gasteiger partial charge >= 0.3 is 6.01 Å². The number of nitrogens with one attached hydrogen (secondary N) is 2. The Morgan fingerprint density at radius 3 is 3.20 bits per heavy atom. The van der Waals surface area contributed by atoms with Gasteiger partial charge in [0.1, 0.15) is 5.76 Å². The summed E-state index contributed by atoms with van der Waals surface area (Å²) in [5.41, 5.74) is 0.492. The monoisotopic (exact) mass is 276 g/mol. The minimum absolute atomic E-state index is 0.0910. The van der Waals surface area contributed by atoms with Crippen LogP contribution in [0.4, 0.5) is 6.01 Å². The highest BCUT2D eigenvalue weighted by atomic mass is 16.4. The van der Waals surface area contributed by atoms with Crippen LogP contribution in [0.2, 0.25) is 0 Å². The number of aryl methyl sites for hydroxylation is 1. The average molecular weight is 276 g/mol. The summed E-state index contributed by atoms with van der Waals surface area (Å²) in [4.78, 5) is 12.1. The number of carbonyl (C=O) groups is 1. The van der Waals surface area contributed by atoms with Gasteiger partial charge in [-0.15, -0.1) is 5.10 Å². The number of amides is 1. The van der Waals surface area contributed by atoms with Crippen LogP contribution in [0.3, 0.4) is 0 Å². The van der Waals surface area contributed by atoms with Crippen molar-refractivity contribution in [3.8, 4) is 0 Å². The molecule has 7 heteroatoms. The first-order valence-electron chi connectivity index (χ1n) is 6.72. The van der Waals surface area contributed by atoms with Gasteiger partial charge in [-0.05, 0) is 25.5 Å². The zero-order chi connectivity index (χ0) is 13.9. The van der Waals surface area contributed by atoms with E-state index in [1.54, 1.807) is 6.07 Å². The van der Waals surface area contributed by atoms with Crippen LogP contribution >= 0.6 is 0 Å². The number of hydrogen-bond acceptors (Lipinski definition) is 6. The summed E-state index contributed by atoms with van der Waals surface area (Å²) in [6, 6.07) is 1.83. The van der Waals surface area contributed by atoms with E-state index in [9.17, 15) is 4.79 Å². The standard InChI is InChI=1S/C13H16N4O3/c1-2-10-8(5-7-19-10)11(18)15-13-17-16-12(20-13)9-4-3-6-14-9/h5,7,9,14H,2-4,6H2,1H3,(H,15,17,18). The molecule has 1 atom stereocenters. The molecule has 106 valence electrons. The zero-order valence-electron chi connectivity index (χ0n) is 11.2. The van der Waals surface area contributed by atoms with Crippen molar-refractivity contribution >= 4 is 11.9 Å². The molecule has 1 saturated heterocycles. The van der Waals surface area contributed by atoms with Crippen LogP contribution in [-0.4, -0.2) is 22.6 Å². The zero-order valence-corrected chi connectivity index (χ0v) is 11.2. The molecule has 0 saturated carbocycles. The van der Waals surface area contributed by atoms with Crippen molar-refractivity contribution in [3.05, 3.63) is 29.5 Å². The van der Waals surface area contributed by atoms with Gasteiger partial charge in [0.05, 0.1) is 17.9 Å². The fourth-order valence-electron chi connectivity index (χ4n) is 2.30. The van der Waals surface area contributed by atoms with Crippen LogP contribution in [0.15, 0.2) is 21.2 Å². The van der Waals surface area contributed by atoms with Crippen LogP contribution < -0.4 is 10.6 Å². The van der Waals surface area contributed by atoms with E-state index in [2.05, 4.69) is 20.8 Å². The van der Waals surface area contributed by atoms with Crippen molar-refractivity contribution in [1.82, 2.24) is 15.5 Å². The minimum Gasteiger partial charge on any atom is -0.469 e. The molecule has 2 N–H and O–H groups in total. The summed E-state index contributed by atoms with van der Waals surface area (Å²) in [6.07, 6.45) is 4.20. The van der Waals surface area contributed by atoms with Gasteiger partial charge in [0.25, 0.3) is 5.91 Å². The third-order valence-corrected chi connectivity index (χ3v) is 3.33. The van der Waals surface area contributed by atoms with Crippen LogP contribution in [0, 0.1) is 0 Å². The van der Waals surface area contributed by atoms with Gasteiger partial charge in [-0.25, -0.2) is 0 Å². The molecule has 1 unspecified atom stereocenters. The highest BCUT2D eigenvalue weighted by Gasteiger charge is 2.23. The molecular formula is C13H16N4O3. The summed E-state index contributed by atoms with van der Waals surface area (Å²) in [5, 5.41) is 13.7. The van der Waals surface area contributed by atoms with E-state index in [1.165, 1.54) is 6.26 Å². The Balaban J connectivity index is 1.70. The summed E-state index contributed by atoms with van der Waals surface area (Å²) < 4.78 is 10.7. The molecule has 20 heavy (non-hydrogen) atoms. The van der Waals surface area contributed by atoms with Crippen molar-refractivity contribution in [3.63, 3.8) is 0 Å². The number of nitrogens with zero attached hydrogens (tertiary/aromatic N) is 2. The second-order valence-electron chi connectivity index (χ2n) is 4.66. The van der Waals surface area contributed by atoms with E-state index in [4.69, 9.17) is 8.83 Å². The van der Waals surface area contributed by atoms with Crippen molar-refractivity contribution in [2.45, 2.75) is 32.2 Å². The first-order valence-corrected chi connectivity index (χ1v) is 6.72. The first kappa shape index (κ1) is 12.9. The van der Waals surface area contributed by atoms with Gasteiger partial charge in [0.15, 0.2) is 0 Å². The highest BCUT2D eigenvalue weighted by Crippen LogP contribution is 2.23. The third kappa shape index (κ3) is 2.44. The topological polar surface area (TPSA) is 93.2 Å². The fraction of sp³-hybridized carbons (Fsp3) is 0.462. The van der Waals surface area contributed by atoms with E-state index in [0.717, 1.165) is 19.4 Å². The summed E-state index contributed by atoms with van der Waals surface area (Å²) in [5.74, 6) is 0.852. The molecule has 0 spiro atoms. The van der Waals surface area contributed by atoms with E-state index < -0.39 is 0 Å².